The van der Waals surface area contributed by atoms with Crippen LogP contribution in [0.1, 0.15) is 0 Å². The minimum Gasteiger partial charge on any atom is -0.504 e. The monoisotopic (exact) mass is 598 g/mol. The van der Waals surface area contributed by atoms with Gasteiger partial charge in [-0.3, -0.25) is 0 Å². The molecule has 0 unspecified atom stereocenters. The molecule has 0 saturated heterocycles. The molecule has 0 radical (unpaired) electrons. The van der Waals surface area contributed by atoms with Crippen molar-refractivity contribution in [2.75, 3.05) is 0 Å². The molecule has 8 aromatic rings. The van der Waals surface area contributed by atoms with Crippen LogP contribution in [-0.2, 0) is 0 Å². The zero-order chi connectivity index (χ0) is 31.3. The Morgan fingerprint density at radius 3 is 1.38 bits per heavy atom. The molecular formula is C36H22O9. The maximum atomic E-state index is 11.4. The summed E-state index contributed by atoms with van der Waals surface area (Å²) in [6.07, 6.45) is 0. The summed E-state index contributed by atoms with van der Waals surface area (Å²) >= 11 is 0. The Labute approximate surface area is 252 Å². The Hall–Kier alpha value is -6.48. The van der Waals surface area contributed by atoms with Gasteiger partial charge in [0.2, 0.25) is 23.0 Å². The standard InChI is InChI=1S/C36H22O9/c37-29-25-23(17-10-9-15-5-1-2-6-16(15)13-17)26-28(32(40)36(44)34(42)30(26)38)24(27(25)31(39)35(43)33(29)41)18-11-12-20-19-7-3-4-8-21(19)45-22(20)14-18/h1-14,37-44H. The van der Waals surface area contributed by atoms with Gasteiger partial charge in [0, 0.05) is 43.4 Å². The molecule has 0 aliphatic carbocycles. The topological polar surface area (TPSA) is 175 Å². The van der Waals surface area contributed by atoms with Gasteiger partial charge in [0.05, 0.1) is 0 Å². The first-order valence-corrected chi connectivity index (χ1v) is 13.8. The second-order valence-electron chi connectivity index (χ2n) is 10.9. The van der Waals surface area contributed by atoms with Gasteiger partial charge in [-0.2, -0.15) is 0 Å². The number of furan rings is 1. The van der Waals surface area contributed by atoms with E-state index in [9.17, 15) is 40.9 Å². The highest BCUT2D eigenvalue weighted by Gasteiger charge is 2.32. The van der Waals surface area contributed by atoms with Crippen LogP contribution in [0, 0.1) is 0 Å². The summed E-state index contributed by atoms with van der Waals surface area (Å²) in [5.41, 5.74) is 1.61. The van der Waals surface area contributed by atoms with E-state index in [-0.39, 0.29) is 38.2 Å². The summed E-state index contributed by atoms with van der Waals surface area (Å²) < 4.78 is 6.06. The Morgan fingerprint density at radius 1 is 0.356 bits per heavy atom. The lowest BCUT2D eigenvalue weighted by Crippen LogP contribution is -1.94. The molecule has 0 fully saturated rings. The predicted octanol–water partition coefficient (Wildman–Crippen LogP) is 8.02. The third kappa shape index (κ3) is 3.43. The van der Waals surface area contributed by atoms with Crippen molar-refractivity contribution in [1.82, 2.24) is 0 Å². The summed E-state index contributed by atoms with van der Waals surface area (Å²) in [6, 6.07) is 24.9. The normalized spacial score (nSPS) is 11.8. The van der Waals surface area contributed by atoms with Gasteiger partial charge in [-0.05, 0) is 46.2 Å². The molecule has 9 heteroatoms. The van der Waals surface area contributed by atoms with E-state index in [2.05, 4.69) is 0 Å². The van der Waals surface area contributed by atoms with Crippen LogP contribution in [0.15, 0.2) is 89.3 Å². The van der Waals surface area contributed by atoms with Crippen LogP contribution in [0.3, 0.4) is 0 Å². The Kier molecular flexibility index (Phi) is 5.24. The summed E-state index contributed by atoms with van der Waals surface area (Å²) in [5, 5.41) is 91.0. The van der Waals surface area contributed by atoms with E-state index >= 15 is 0 Å². The Morgan fingerprint density at radius 2 is 0.800 bits per heavy atom. The second-order valence-corrected chi connectivity index (χ2v) is 10.9. The van der Waals surface area contributed by atoms with Crippen molar-refractivity contribution in [3.63, 3.8) is 0 Å². The molecule has 9 nitrogen and oxygen atoms in total. The van der Waals surface area contributed by atoms with Crippen LogP contribution < -0.4 is 0 Å². The van der Waals surface area contributed by atoms with Crippen molar-refractivity contribution in [1.29, 1.82) is 0 Å². The average Bonchev–Trinajstić information content (AvgIpc) is 3.44. The molecule has 0 spiro atoms. The molecule has 220 valence electrons. The van der Waals surface area contributed by atoms with Gasteiger partial charge < -0.3 is 45.3 Å². The number of benzene rings is 7. The molecule has 8 rings (SSSR count). The van der Waals surface area contributed by atoms with Gasteiger partial charge in [0.1, 0.15) is 11.2 Å². The van der Waals surface area contributed by atoms with Crippen molar-refractivity contribution in [3.05, 3.63) is 84.9 Å². The van der Waals surface area contributed by atoms with Crippen molar-refractivity contribution < 1.29 is 45.3 Å². The number of fused-ring (bicyclic) bond motifs is 6. The average molecular weight is 599 g/mol. The van der Waals surface area contributed by atoms with Gasteiger partial charge in [0.15, 0.2) is 23.0 Å². The van der Waals surface area contributed by atoms with Gasteiger partial charge in [0.25, 0.3) is 0 Å². The first-order chi connectivity index (χ1) is 21.7. The minimum absolute atomic E-state index is 0.00878. The summed E-state index contributed by atoms with van der Waals surface area (Å²) in [6.45, 7) is 0. The SMILES string of the molecule is Oc1c(O)c(O)c2c(-c3ccc4c(c3)oc3ccccc34)c3c(O)c(O)c(O)c(O)c3c(-c3ccc4ccccc4c3)c2c1O. The van der Waals surface area contributed by atoms with Crippen LogP contribution in [0.4, 0.5) is 0 Å². The van der Waals surface area contributed by atoms with E-state index in [1.807, 2.05) is 42.5 Å². The van der Waals surface area contributed by atoms with E-state index in [4.69, 9.17) is 4.42 Å². The quantitative estimate of drug-likeness (QED) is 0.0556. The first-order valence-electron chi connectivity index (χ1n) is 13.8. The summed E-state index contributed by atoms with van der Waals surface area (Å²) in [7, 11) is 0. The smallest absolute Gasteiger partial charge is 0.204 e. The number of phenols is 8. The number of phenolic OH excluding ortho intramolecular Hbond substituents is 8. The maximum Gasteiger partial charge on any atom is 0.204 e. The van der Waals surface area contributed by atoms with Gasteiger partial charge in [-0.25, -0.2) is 0 Å². The van der Waals surface area contributed by atoms with Crippen LogP contribution in [0.25, 0.3) is 76.5 Å². The molecule has 0 amide bonds. The fourth-order valence-electron chi connectivity index (χ4n) is 6.42. The molecule has 0 aliphatic rings. The largest absolute Gasteiger partial charge is 0.504 e. The zero-order valence-electron chi connectivity index (χ0n) is 23.1. The molecule has 0 saturated carbocycles. The Balaban J connectivity index is 1.64. The molecule has 7 aromatic carbocycles. The van der Waals surface area contributed by atoms with E-state index in [1.165, 1.54) is 0 Å². The number of rotatable bonds is 2. The number of hydrogen-bond donors (Lipinski definition) is 8. The third-order valence-corrected chi connectivity index (χ3v) is 8.50. The molecule has 1 heterocycles. The molecule has 8 N–H and O–H groups in total. The molecule has 0 bridgehead atoms. The third-order valence-electron chi connectivity index (χ3n) is 8.50. The van der Waals surface area contributed by atoms with Crippen molar-refractivity contribution >= 4 is 54.3 Å². The lowest BCUT2D eigenvalue weighted by molar-refractivity contribution is 0.350. The first kappa shape index (κ1) is 26.2. The predicted molar refractivity (Wildman–Crippen MR) is 170 cm³/mol. The summed E-state index contributed by atoms with van der Waals surface area (Å²) in [5.74, 6) is -7.43. The molecule has 1 aromatic heterocycles. The highest BCUT2D eigenvalue weighted by atomic mass is 16.4. The highest BCUT2D eigenvalue weighted by molar-refractivity contribution is 6.29. The molecular weight excluding hydrogens is 576 g/mol. The van der Waals surface area contributed by atoms with Crippen molar-refractivity contribution in [2.24, 2.45) is 0 Å². The van der Waals surface area contributed by atoms with Crippen molar-refractivity contribution in [3.8, 4) is 68.2 Å². The molecule has 0 aliphatic heterocycles. The van der Waals surface area contributed by atoms with E-state index in [0.717, 1.165) is 21.5 Å². The number of aromatic hydroxyl groups is 8. The maximum absolute atomic E-state index is 11.4. The van der Waals surface area contributed by atoms with Crippen molar-refractivity contribution in [2.45, 2.75) is 0 Å². The fourth-order valence-corrected chi connectivity index (χ4v) is 6.42. The minimum atomic E-state index is -1.03. The molecule has 45 heavy (non-hydrogen) atoms. The van der Waals surface area contributed by atoms with E-state index in [0.29, 0.717) is 16.7 Å². The van der Waals surface area contributed by atoms with Crippen LogP contribution in [0.5, 0.6) is 46.0 Å². The number of hydrogen-bond acceptors (Lipinski definition) is 9. The second kappa shape index (κ2) is 9.01. The van der Waals surface area contributed by atoms with E-state index in [1.54, 1.807) is 42.5 Å². The Bertz CT molecular complexity index is 2500. The van der Waals surface area contributed by atoms with Gasteiger partial charge in [-0.15, -0.1) is 0 Å². The lowest BCUT2D eigenvalue weighted by Gasteiger charge is -2.22. The summed E-state index contributed by atoms with van der Waals surface area (Å²) in [4.78, 5) is 0. The van der Waals surface area contributed by atoms with Gasteiger partial charge >= 0.3 is 0 Å². The molecule has 0 atom stereocenters. The zero-order valence-corrected chi connectivity index (χ0v) is 23.1. The van der Waals surface area contributed by atoms with Crippen LogP contribution in [-0.4, -0.2) is 40.9 Å². The highest BCUT2D eigenvalue weighted by Crippen LogP contribution is 2.62. The van der Waals surface area contributed by atoms with Gasteiger partial charge in [-0.1, -0.05) is 60.7 Å². The lowest BCUT2D eigenvalue weighted by atomic mass is 9.83. The number of para-hydroxylation sites is 1. The van der Waals surface area contributed by atoms with Crippen LogP contribution in [0.2, 0.25) is 0 Å². The fraction of sp³-hybridized carbons (Fsp3) is 0. The van der Waals surface area contributed by atoms with E-state index < -0.39 is 46.0 Å². The van der Waals surface area contributed by atoms with Crippen LogP contribution >= 0.6 is 0 Å².